The van der Waals surface area contributed by atoms with Gasteiger partial charge in [0.05, 0.1) is 12.8 Å². The van der Waals surface area contributed by atoms with E-state index in [0.717, 1.165) is 12.0 Å². The molecule has 0 radical (unpaired) electrons. The predicted molar refractivity (Wildman–Crippen MR) is 56.4 cm³/mol. The van der Waals surface area contributed by atoms with E-state index in [9.17, 15) is 0 Å². The molecule has 0 fully saturated rings. The van der Waals surface area contributed by atoms with Crippen molar-refractivity contribution in [3.8, 4) is 5.88 Å². The number of halogens is 1. The Hall–Kier alpha value is -1.29. The Labute approximate surface area is 87.8 Å². The second kappa shape index (κ2) is 4.81. The highest BCUT2D eigenvalue weighted by Crippen LogP contribution is 2.21. The number of rotatable bonds is 4. The van der Waals surface area contributed by atoms with Gasteiger partial charge in [0.15, 0.2) is 0 Å². The molecule has 0 spiro atoms. The third-order valence-electron chi connectivity index (χ3n) is 1.50. The van der Waals surface area contributed by atoms with Gasteiger partial charge < -0.3 is 10.5 Å². The van der Waals surface area contributed by atoms with Crippen molar-refractivity contribution in [2.75, 3.05) is 12.3 Å². The summed E-state index contributed by atoms with van der Waals surface area (Å²) >= 11 is 5.78. The Morgan fingerprint density at radius 1 is 1.71 bits per heavy atom. The van der Waals surface area contributed by atoms with E-state index < -0.39 is 0 Å². The van der Waals surface area contributed by atoms with Crippen LogP contribution in [0.5, 0.6) is 5.88 Å². The summed E-state index contributed by atoms with van der Waals surface area (Å²) in [5.74, 6) is 0.472. The molecule has 0 saturated carbocycles. The van der Waals surface area contributed by atoms with Gasteiger partial charge in [-0.3, -0.25) is 0 Å². The maximum atomic E-state index is 5.78. The molecule has 1 rings (SSSR count). The molecule has 2 N–H and O–H groups in total. The van der Waals surface area contributed by atoms with Gasteiger partial charge >= 0.3 is 0 Å². The van der Waals surface area contributed by atoms with Gasteiger partial charge in [0.25, 0.3) is 0 Å². The van der Waals surface area contributed by atoms with Crippen molar-refractivity contribution in [2.45, 2.75) is 13.3 Å². The van der Waals surface area contributed by atoms with E-state index in [1.165, 1.54) is 6.20 Å². The summed E-state index contributed by atoms with van der Waals surface area (Å²) in [7, 11) is 0. The lowest BCUT2D eigenvalue weighted by Crippen LogP contribution is -2.03. The third kappa shape index (κ3) is 3.22. The number of nitrogens with two attached hydrogens (primary N) is 1. The molecule has 0 aromatic carbocycles. The molecule has 1 heterocycles. The largest absolute Gasteiger partial charge is 0.476 e. The normalized spacial score (nSPS) is 9.86. The molecule has 0 unspecified atom stereocenters. The van der Waals surface area contributed by atoms with E-state index in [2.05, 4.69) is 16.5 Å². The maximum absolute atomic E-state index is 5.78. The summed E-state index contributed by atoms with van der Waals surface area (Å²) in [6, 6.07) is 0. The molecule has 0 aliphatic rings. The maximum Gasteiger partial charge on any atom is 0.237 e. The van der Waals surface area contributed by atoms with Crippen LogP contribution in [0.4, 0.5) is 5.95 Å². The highest BCUT2D eigenvalue weighted by atomic mass is 35.5. The number of anilines is 1. The molecule has 0 aliphatic heterocycles. The number of ether oxygens (including phenoxy) is 1. The molecule has 76 valence electrons. The average Bonchev–Trinajstić information content (AvgIpc) is 2.10. The minimum Gasteiger partial charge on any atom is -0.476 e. The quantitative estimate of drug-likeness (QED) is 0.778. The van der Waals surface area contributed by atoms with Crippen molar-refractivity contribution in [3.05, 3.63) is 23.4 Å². The fourth-order valence-corrected chi connectivity index (χ4v) is 0.933. The fraction of sp³-hybridized carbons (Fsp3) is 0.333. The lowest BCUT2D eigenvalue weighted by Gasteiger charge is -2.06. The zero-order valence-electron chi connectivity index (χ0n) is 7.96. The van der Waals surface area contributed by atoms with Gasteiger partial charge in [0.2, 0.25) is 11.8 Å². The first-order chi connectivity index (χ1) is 6.59. The van der Waals surface area contributed by atoms with Crippen LogP contribution < -0.4 is 10.5 Å². The first-order valence-electron chi connectivity index (χ1n) is 4.15. The van der Waals surface area contributed by atoms with Crippen LogP contribution >= 0.6 is 11.6 Å². The fourth-order valence-electron chi connectivity index (χ4n) is 0.787. The predicted octanol–water partition coefficient (Wildman–Crippen LogP) is 2.06. The summed E-state index contributed by atoms with van der Waals surface area (Å²) < 4.78 is 5.30. The summed E-state index contributed by atoms with van der Waals surface area (Å²) in [6.07, 6.45) is 2.18. The topological polar surface area (TPSA) is 61.0 Å². The van der Waals surface area contributed by atoms with Crippen LogP contribution in [0.25, 0.3) is 0 Å². The summed E-state index contributed by atoms with van der Waals surface area (Å²) in [6.45, 7) is 6.18. The third-order valence-corrected chi connectivity index (χ3v) is 1.76. The number of nitrogen functional groups attached to an aromatic ring is 1. The zero-order valence-corrected chi connectivity index (χ0v) is 8.71. The molecular formula is C9H12ClN3O. The number of aromatic nitrogens is 2. The Morgan fingerprint density at radius 2 is 2.43 bits per heavy atom. The van der Waals surface area contributed by atoms with Gasteiger partial charge in [-0.15, -0.1) is 6.58 Å². The first kappa shape index (κ1) is 10.8. The van der Waals surface area contributed by atoms with Crippen LogP contribution in [-0.4, -0.2) is 16.6 Å². The lowest BCUT2D eigenvalue weighted by molar-refractivity contribution is 0.309. The van der Waals surface area contributed by atoms with E-state index in [0.29, 0.717) is 17.5 Å². The molecule has 0 amide bonds. The van der Waals surface area contributed by atoms with Crippen molar-refractivity contribution in [2.24, 2.45) is 0 Å². The molecule has 0 bridgehead atoms. The van der Waals surface area contributed by atoms with Crippen LogP contribution in [0.15, 0.2) is 18.3 Å². The van der Waals surface area contributed by atoms with E-state index in [1.54, 1.807) is 0 Å². The van der Waals surface area contributed by atoms with Crippen LogP contribution in [0.1, 0.15) is 13.3 Å². The highest BCUT2D eigenvalue weighted by molar-refractivity contribution is 6.31. The monoisotopic (exact) mass is 213 g/mol. The van der Waals surface area contributed by atoms with Gasteiger partial charge in [0, 0.05) is 6.42 Å². The second-order valence-corrected chi connectivity index (χ2v) is 3.34. The number of nitrogens with zero attached hydrogens (tertiary/aromatic N) is 2. The van der Waals surface area contributed by atoms with Crippen LogP contribution in [0.2, 0.25) is 5.02 Å². The van der Waals surface area contributed by atoms with E-state index in [1.807, 2.05) is 6.92 Å². The Morgan fingerprint density at radius 3 is 3.07 bits per heavy atom. The van der Waals surface area contributed by atoms with Gasteiger partial charge in [0.1, 0.15) is 5.02 Å². The number of hydrogen-bond donors (Lipinski definition) is 1. The Bertz CT molecular complexity index is 341. The minimum absolute atomic E-state index is 0.153. The molecule has 14 heavy (non-hydrogen) atoms. The first-order valence-corrected chi connectivity index (χ1v) is 4.52. The van der Waals surface area contributed by atoms with E-state index in [4.69, 9.17) is 22.1 Å². The van der Waals surface area contributed by atoms with Gasteiger partial charge in [-0.1, -0.05) is 17.2 Å². The molecule has 1 aromatic heterocycles. The molecule has 0 aliphatic carbocycles. The summed E-state index contributed by atoms with van der Waals surface area (Å²) in [5, 5.41) is 0.362. The summed E-state index contributed by atoms with van der Waals surface area (Å²) in [5.41, 5.74) is 6.43. The minimum atomic E-state index is 0.153. The van der Waals surface area contributed by atoms with Crippen molar-refractivity contribution >= 4 is 17.5 Å². The van der Waals surface area contributed by atoms with Gasteiger partial charge in [-0.05, 0) is 6.92 Å². The van der Waals surface area contributed by atoms with Crippen LogP contribution in [0, 0.1) is 0 Å². The molecule has 0 saturated heterocycles. The standard InChI is InChI=1S/C9H12ClN3O/c1-6(2)3-4-14-8-7(10)5-12-9(11)13-8/h5H,1,3-4H2,2H3,(H2,11,12,13). The number of hydrogen-bond acceptors (Lipinski definition) is 4. The highest BCUT2D eigenvalue weighted by Gasteiger charge is 2.04. The Kier molecular flexibility index (Phi) is 3.71. The second-order valence-electron chi connectivity index (χ2n) is 2.94. The van der Waals surface area contributed by atoms with Crippen molar-refractivity contribution < 1.29 is 4.74 Å². The van der Waals surface area contributed by atoms with Crippen molar-refractivity contribution in [3.63, 3.8) is 0 Å². The van der Waals surface area contributed by atoms with Crippen LogP contribution in [0.3, 0.4) is 0 Å². The Balaban J connectivity index is 2.57. The zero-order chi connectivity index (χ0) is 10.6. The van der Waals surface area contributed by atoms with Gasteiger partial charge in [-0.25, -0.2) is 4.98 Å². The molecule has 0 atom stereocenters. The van der Waals surface area contributed by atoms with Crippen molar-refractivity contribution in [1.82, 2.24) is 9.97 Å². The van der Waals surface area contributed by atoms with Gasteiger partial charge in [-0.2, -0.15) is 4.98 Å². The smallest absolute Gasteiger partial charge is 0.237 e. The van der Waals surface area contributed by atoms with Crippen molar-refractivity contribution in [1.29, 1.82) is 0 Å². The van der Waals surface area contributed by atoms with E-state index in [-0.39, 0.29) is 5.95 Å². The summed E-state index contributed by atoms with van der Waals surface area (Å²) in [4.78, 5) is 7.57. The van der Waals surface area contributed by atoms with E-state index >= 15 is 0 Å². The molecular weight excluding hydrogens is 202 g/mol. The average molecular weight is 214 g/mol. The van der Waals surface area contributed by atoms with Crippen LogP contribution in [-0.2, 0) is 0 Å². The SMILES string of the molecule is C=C(C)CCOc1nc(N)ncc1Cl. The molecule has 5 heteroatoms. The lowest BCUT2D eigenvalue weighted by atomic mass is 10.3. The molecule has 1 aromatic rings. The molecule has 4 nitrogen and oxygen atoms in total.